The van der Waals surface area contributed by atoms with E-state index in [0.717, 1.165) is 12.5 Å². The lowest BCUT2D eigenvalue weighted by Crippen LogP contribution is -2.24. The molecular weight excluding hydrogens is 242 g/mol. The number of carbonyl (C=O) groups excluding carboxylic acids is 1. The Bertz CT molecular complexity index is 476. The fourth-order valence-corrected chi connectivity index (χ4v) is 2.23. The van der Waals surface area contributed by atoms with Crippen molar-refractivity contribution in [1.29, 1.82) is 0 Å². The molecule has 1 heterocycles. The molecule has 0 bridgehead atoms. The minimum atomic E-state index is -0.368. The van der Waals surface area contributed by atoms with Crippen LogP contribution in [-0.4, -0.2) is 31.2 Å². The Morgan fingerprint density at radius 1 is 1.63 bits per heavy atom. The van der Waals surface area contributed by atoms with Crippen LogP contribution in [0.3, 0.4) is 0 Å². The fraction of sp³-hybridized carbons (Fsp3) is 0.571. The van der Waals surface area contributed by atoms with Gasteiger partial charge in [-0.25, -0.2) is 9.78 Å². The van der Waals surface area contributed by atoms with Crippen LogP contribution < -0.4 is 10.6 Å². The van der Waals surface area contributed by atoms with Crippen LogP contribution >= 0.6 is 0 Å². The molecule has 5 nitrogen and oxygen atoms in total. The number of nitrogens with two attached hydrogens (primary N) is 1. The van der Waals surface area contributed by atoms with E-state index in [-0.39, 0.29) is 5.97 Å². The smallest absolute Gasteiger partial charge is 0.341 e. The van der Waals surface area contributed by atoms with Gasteiger partial charge < -0.3 is 15.4 Å². The summed E-state index contributed by atoms with van der Waals surface area (Å²) in [6.07, 6.45) is 2.82. The van der Waals surface area contributed by atoms with Crippen LogP contribution in [0, 0.1) is 11.8 Å². The predicted molar refractivity (Wildman–Crippen MR) is 75.1 cm³/mol. The highest BCUT2D eigenvalue weighted by Crippen LogP contribution is 2.38. The molecule has 0 radical (unpaired) electrons. The summed E-state index contributed by atoms with van der Waals surface area (Å²) in [5.41, 5.74) is 6.62. The number of hydrogen-bond donors (Lipinski definition) is 1. The van der Waals surface area contributed by atoms with E-state index in [9.17, 15) is 4.79 Å². The first kappa shape index (κ1) is 13.6. The molecule has 2 unspecified atom stereocenters. The molecule has 0 saturated heterocycles. The third-order valence-electron chi connectivity index (χ3n) is 3.53. The van der Waals surface area contributed by atoms with Gasteiger partial charge in [-0.3, -0.25) is 0 Å². The van der Waals surface area contributed by atoms with Crippen molar-refractivity contribution in [3.63, 3.8) is 0 Å². The van der Waals surface area contributed by atoms with Gasteiger partial charge in [0.2, 0.25) is 0 Å². The van der Waals surface area contributed by atoms with Crippen LogP contribution in [0.1, 0.15) is 30.6 Å². The van der Waals surface area contributed by atoms with Gasteiger partial charge in [-0.1, -0.05) is 6.92 Å². The SMILES string of the molecule is CCOC(=O)c1cc(N)cnc1N(C)CC1CC1C. The van der Waals surface area contributed by atoms with E-state index in [0.29, 0.717) is 29.6 Å². The van der Waals surface area contributed by atoms with Crippen molar-refractivity contribution < 1.29 is 9.53 Å². The zero-order chi connectivity index (χ0) is 14.0. The molecule has 0 aromatic carbocycles. The average Bonchev–Trinajstić information content (AvgIpc) is 3.04. The summed E-state index contributed by atoms with van der Waals surface area (Å²) >= 11 is 0. The van der Waals surface area contributed by atoms with Gasteiger partial charge in [-0.15, -0.1) is 0 Å². The molecule has 5 heteroatoms. The topological polar surface area (TPSA) is 68.5 Å². The molecule has 1 fully saturated rings. The van der Waals surface area contributed by atoms with Crippen LogP contribution in [-0.2, 0) is 4.74 Å². The van der Waals surface area contributed by atoms with Gasteiger partial charge in [-0.2, -0.15) is 0 Å². The summed E-state index contributed by atoms with van der Waals surface area (Å²) in [5.74, 6) is 1.74. The summed E-state index contributed by atoms with van der Waals surface area (Å²) in [6.45, 7) is 5.27. The molecule has 2 rings (SSSR count). The van der Waals surface area contributed by atoms with Crippen molar-refractivity contribution in [3.8, 4) is 0 Å². The van der Waals surface area contributed by atoms with E-state index in [2.05, 4.69) is 11.9 Å². The lowest BCUT2D eigenvalue weighted by molar-refractivity contribution is 0.0526. The minimum Gasteiger partial charge on any atom is -0.462 e. The van der Waals surface area contributed by atoms with Gasteiger partial charge in [0, 0.05) is 13.6 Å². The van der Waals surface area contributed by atoms with Gasteiger partial charge in [0.1, 0.15) is 11.4 Å². The van der Waals surface area contributed by atoms with E-state index in [4.69, 9.17) is 10.5 Å². The summed E-state index contributed by atoms with van der Waals surface area (Å²) < 4.78 is 5.05. The highest BCUT2D eigenvalue weighted by molar-refractivity contribution is 5.95. The number of rotatable bonds is 5. The normalized spacial score (nSPS) is 21.0. The van der Waals surface area contributed by atoms with E-state index in [1.165, 1.54) is 6.42 Å². The number of ether oxygens (including phenoxy) is 1. The Morgan fingerprint density at radius 2 is 2.32 bits per heavy atom. The number of nitrogen functional groups attached to an aromatic ring is 1. The molecule has 1 aliphatic rings. The quantitative estimate of drug-likeness (QED) is 0.822. The lowest BCUT2D eigenvalue weighted by Gasteiger charge is -2.20. The van der Waals surface area contributed by atoms with Crippen molar-refractivity contribution in [2.45, 2.75) is 20.3 Å². The maximum absolute atomic E-state index is 11.9. The largest absolute Gasteiger partial charge is 0.462 e. The predicted octanol–water partition coefficient (Wildman–Crippen LogP) is 1.93. The Morgan fingerprint density at radius 3 is 2.89 bits per heavy atom. The first-order valence-corrected chi connectivity index (χ1v) is 6.66. The van der Waals surface area contributed by atoms with Gasteiger partial charge >= 0.3 is 5.97 Å². The fourth-order valence-electron chi connectivity index (χ4n) is 2.23. The van der Waals surface area contributed by atoms with Gasteiger partial charge in [0.25, 0.3) is 0 Å². The standard InChI is InChI=1S/C14H21N3O2/c1-4-19-14(18)12-6-11(15)7-16-13(12)17(3)8-10-5-9(10)2/h6-7,9-10H,4-5,8,15H2,1-3H3. The number of pyridine rings is 1. The molecule has 1 aromatic heterocycles. The number of nitrogens with zero attached hydrogens (tertiary/aromatic N) is 2. The first-order valence-electron chi connectivity index (χ1n) is 6.66. The molecule has 0 amide bonds. The molecule has 1 saturated carbocycles. The number of esters is 1. The van der Waals surface area contributed by atoms with Crippen LogP contribution in [0.25, 0.3) is 0 Å². The molecule has 2 N–H and O–H groups in total. The van der Waals surface area contributed by atoms with E-state index < -0.39 is 0 Å². The third-order valence-corrected chi connectivity index (χ3v) is 3.53. The van der Waals surface area contributed by atoms with Crippen molar-refractivity contribution >= 4 is 17.5 Å². The Hall–Kier alpha value is -1.78. The molecule has 0 aliphatic heterocycles. The maximum atomic E-state index is 11.9. The van der Waals surface area contributed by atoms with Crippen molar-refractivity contribution in [1.82, 2.24) is 4.98 Å². The van der Waals surface area contributed by atoms with Crippen molar-refractivity contribution in [2.75, 3.05) is 30.8 Å². The number of anilines is 2. The van der Waals surface area contributed by atoms with Crippen LogP contribution in [0.4, 0.5) is 11.5 Å². The van der Waals surface area contributed by atoms with Crippen LogP contribution in [0.15, 0.2) is 12.3 Å². The first-order chi connectivity index (χ1) is 9.02. The van der Waals surface area contributed by atoms with Crippen molar-refractivity contribution in [3.05, 3.63) is 17.8 Å². The van der Waals surface area contributed by atoms with Gasteiger partial charge in [0.05, 0.1) is 18.5 Å². The minimum absolute atomic E-state index is 0.344. The highest BCUT2D eigenvalue weighted by atomic mass is 16.5. The second-order valence-corrected chi connectivity index (χ2v) is 5.21. The molecule has 2 atom stereocenters. The van der Waals surface area contributed by atoms with Gasteiger partial charge in [-0.05, 0) is 31.2 Å². The molecular formula is C14H21N3O2. The Kier molecular flexibility index (Phi) is 3.93. The number of aromatic nitrogens is 1. The molecule has 104 valence electrons. The molecule has 1 aliphatic carbocycles. The van der Waals surface area contributed by atoms with Crippen LogP contribution in [0.2, 0.25) is 0 Å². The molecule has 0 spiro atoms. The summed E-state index contributed by atoms with van der Waals surface area (Å²) in [7, 11) is 1.95. The molecule has 1 aromatic rings. The van der Waals surface area contributed by atoms with Crippen LogP contribution in [0.5, 0.6) is 0 Å². The summed E-state index contributed by atoms with van der Waals surface area (Å²) in [4.78, 5) is 18.2. The van der Waals surface area contributed by atoms with E-state index in [1.807, 2.05) is 11.9 Å². The second-order valence-electron chi connectivity index (χ2n) is 5.21. The van der Waals surface area contributed by atoms with Gasteiger partial charge in [0.15, 0.2) is 0 Å². The summed E-state index contributed by atoms with van der Waals surface area (Å²) in [5, 5.41) is 0. The molecule has 19 heavy (non-hydrogen) atoms. The average molecular weight is 263 g/mol. The third kappa shape index (κ3) is 3.16. The second kappa shape index (κ2) is 5.47. The zero-order valence-electron chi connectivity index (χ0n) is 11.7. The highest BCUT2D eigenvalue weighted by Gasteiger charge is 2.34. The van der Waals surface area contributed by atoms with E-state index >= 15 is 0 Å². The van der Waals surface area contributed by atoms with E-state index in [1.54, 1.807) is 19.2 Å². The Labute approximate surface area is 113 Å². The van der Waals surface area contributed by atoms with Crippen molar-refractivity contribution in [2.24, 2.45) is 11.8 Å². The number of hydrogen-bond acceptors (Lipinski definition) is 5. The lowest BCUT2D eigenvalue weighted by atomic mass is 10.2. The maximum Gasteiger partial charge on any atom is 0.341 e. The summed E-state index contributed by atoms with van der Waals surface area (Å²) in [6, 6.07) is 1.63. The Balaban J connectivity index is 2.20. The number of carbonyl (C=O) groups is 1. The monoisotopic (exact) mass is 263 g/mol. The zero-order valence-corrected chi connectivity index (χ0v) is 11.7.